The molecule has 0 aliphatic heterocycles. The van der Waals surface area contributed by atoms with Gasteiger partial charge in [0.15, 0.2) is 5.78 Å². The fourth-order valence-electron chi connectivity index (χ4n) is 3.49. The summed E-state index contributed by atoms with van der Waals surface area (Å²) >= 11 is 0. The summed E-state index contributed by atoms with van der Waals surface area (Å²) < 4.78 is 5.30. The highest BCUT2D eigenvalue weighted by Gasteiger charge is 2.44. The van der Waals surface area contributed by atoms with E-state index in [1.54, 1.807) is 7.11 Å². The van der Waals surface area contributed by atoms with Crippen LogP contribution < -0.4 is 4.74 Å². The molecule has 0 spiro atoms. The monoisotopic (exact) mass is 298 g/mol. The minimum atomic E-state index is -0.235. The summed E-state index contributed by atoms with van der Waals surface area (Å²) in [5.41, 5.74) is 1.79. The first-order chi connectivity index (χ1) is 10.7. The zero-order valence-corrected chi connectivity index (χ0v) is 13.6. The normalized spacial score (nSPS) is 15.4. The van der Waals surface area contributed by atoms with E-state index in [0.29, 0.717) is 5.78 Å². The second kappa shape index (κ2) is 7.44. The van der Waals surface area contributed by atoms with Gasteiger partial charge in [0.1, 0.15) is 5.75 Å². The molecule has 1 aliphatic rings. The number of ether oxygens (including phenoxy) is 1. The summed E-state index contributed by atoms with van der Waals surface area (Å²) in [5, 5.41) is 0. The molecule has 2 nitrogen and oxygen atoms in total. The highest BCUT2D eigenvalue weighted by molar-refractivity contribution is 6.05. The number of hydrogen-bond donors (Lipinski definition) is 0. The van der Waals surface area contributed by atoms with Crippen LogP contribution in [0.3, 0.4) is 0 Å². The van der Waals surface area contributed by atoms with Crippen LogP contribution in [0.5, 0.6) is 5.75 Å². The number of carbonyl (C=O) groups is 1. The number of allylic oxidation sites excluding steroid dienone is 2. The average molecular weight is 298 g/mol. The molecule has 0 bridgehead atoms. The van der Waals surface area contributed by atoms with E-state index in [2.05, 4.69) is 13.2 Å². The van der Waals surface area contributed by atoms with Crippen molar-refractivity contribution in [2.45, 2.75) is 44.9 Å². The molecule has 1 aliphatic carbocycles. The van der Waals surface area contributed by atoms with Crippen molar-refractivity contribution in [2.75, 3.05) is 7.11 Å². The minimum Gasteiger partial charge on any atom is -0.497 e. The SMILES string of the molecule is C=CCCCC1(CCCC=C)Cc2cc(OC)ccc2C1=O. The Morgan fingerprint density at radius 3 is 2.36 bits per heavy atom. The van der Waals surface area contributed by atoms with Crippen molar-refractivity contribution in [2.24, 2.45) is 5.41 Å². The maximum Gasteiger partial charge on any atom is 0.169 e. The first kappa shape index (κ1) is 16.5. The van der Waals surface area contributed by atoms with Crippen molar-refractivity contribution >= 4 is 5.78 Å². The van der Waals surface area contributed by atoms with E-state index in [1.807, 2.05) is 30.4 Å². The van der Waals surface area contributed by atoms with Gasteiger partial charge < -0.3 is 4.74 Å². The Morgan fingerprint density at radius 1 is 1.18 bits per heavy atom. The lowest BCUT2D eigenvalue weighted by atomic mass is 9.75. The molecule has 22 heavy (non-hydrogen) atoms. The highest BCUT2D eigenvalue weighted by Crippen LogP contribution is 2.45. The van der Waals surface area contributed by atoms with Gasteiger partial charge in [-0.25, -0.2) is 0 Å². The van der Waals surface area contributed by atoms with E-state index in [4.69, 9.17) is 4.74 Å². The molecule has 118 valence electrons. The van der Waals surface area contributed by atoms with Crippen LogP contribution in [0.4, 0.5) is 0 Å². The maximum absolute atomic E-state index is 13.0. The number of unbranched alkanes of at least 4 members (excludes halogenated alkanes) is 2. The van der Waals surface area contributed by atoms with Gasteiger partial charge in [0.25, 0.3) is 0 Å². The van der Waals surface area contributed by atoms with E-state index >= 15 is 0 Å². The van der Waals surface area contributed by atoms with E-state index < -0.39 is 0 Å². The van der Waals surface area contributed by atoms with Crippen molar-refractivity contribution < 1.29 is 9.53 Å². The topological polar surface area (TPSA) is 26.3 Å². The quantitative estimate of drug-likeness (QED) is 0.466. The smallest absolute Gasteiger partial charge is 0.169 e. The Balaban J connectivity index is 2.23. The zero-order chi connectivity index (χ0) is 16.0. The second-order valence-electron chi connectivity index (χ2n) is 6.17. The lowest BCUT2D eigenvalue weighted by Crippen LogP contribution is -2.28. The zero-order valence-electron chi connectivity index (χ0n) is 13.6. The van der Waals surface area contributed by atoms with E-state index in [0.717, 1.165) is 61.8 Å². The van der Waals surface area contributed by atoms with Crippen LogP contribution in [0.1, 0.15) is 54.4 Å². The average Bonchev–Trinajstić information content (AvgIpc) is 2.80. The van der Waals surface area contributed by atoms with Gasteiger partial charge in [0.05, 0.1) is 7.11 Å². The molecule has 0 saturated heterocycles. The molecule has 0 radical (unpaired) electrons. The molecule has 0 atom stereocenters. The number of methoxy groups -OCH3 is 1. The molecular formula is C20H26O2. The van der Waals surface area contributed by atoms with Crippen LogP contribution in [0.15, 0.2) is 43.5 Å². The summed E-state index contributed by atoms with van der Waals surface area (Å²) in [4.78, 5) is 13.0. The predicted molar refractivity (Wildman–Crippen MR) is 91.6 cm³/mol. The van der Waals surface area contributed by atoms with Gasteiger partial charge in [-0.3, -0.25) is 4.79 Å². The Hall–Kier alpha value is -1.83. The third-order valence-corrected chi connectivity index (χ3v) is 4.69. The molecule has 1 aromatic rings. The number of carbonyl (C=O) groups excluding carboxylic acids is 1. The molecule has 0 unspecified atom stereocenters. The second-order valence-corrected chi connectivity index (χ2v) is 6.17. The number of hydrogen-bond acceptors (Lipinski definition) is 2. The predicted octanol–water partition coefficient (Wildman–Crippen LogP) is 5.13. The summed E-state index contributed by atoms with van der Waals surface area (Å²) in [6, 6.07) is 5.84. The van der Waals surface area contributed by atoms with Gasteiger partial charge in [0.2, 0.25) is 0 Å². The fourth-order valence-corrected chi connectivity index (χ4v) is 3.49. The van der Waals surface area contributed by atoms with Crippen LogP contribution in [-0.2, 0) is 6.42 Å². The molecule has 1 aromatic carbocycles. The van der Waals surface area contributed by atoms with Crippen LogP contribution in [0.2, 0.25) is 0 Å². The molecule has 0 N–H and O–H groups in total. The van der Waals surface area contributed by atoms with Crippen molar-refractivity contribution in [3.05, 3.63) is 54.6 Å². The number of ketones is 1. The third-order valence-electron chi connectivity index (χ3n) is 4.69. The van der Waals surface area contributed by atoms with Crippen LogP contribution >= 0.6 is 0 Å². The number of rotatable bonds is 9. The van der Waals surface area contributed by atoms with E-state index in [-0.39, 0.29) is 5.41 Å². The molecule has 0 aromatic heterocycles. The van der Waals surface area contributed by atoms with Crippen LogP contribution in [-0.4, -0.2) is 12.9 Å². The molecule has 0 amide bonds. The first-order valence-electron chi connectivity index (χ1n) is 8.10. The van der Waals surface area contributed by atoms with E-state index in [1.165, 1.54) is 0 Å². The van der Waals surface area contributed by atoms with Gasteiger partial charge in [-0.05, 0) is 68.7 Å². The molecule has 0 saturated carbocycles. The van der Waals surface area contributed by atoms with Crippen molar-refractivity contribution in [3.8, 4) is 5.75 Å². The molecular weight excluding hydrogens is 272 g/mol. The summed E-state index contributed by atoms with van der Waals surface area (Å²) in [6.45, 7) is 7.58. The third kappa shape index (κ3) is 3.32. The highest BCUT2D eigenvalue weighted by atomic mass is 16.5. The first-order valence-corrected chi connectivity index (χ1v) is 8.10. The van der Waals surface area contributed by atoms with Gasteiger partial charge in [0, 0.05) is 11.0 Å². The van der Waals surface area contributed by atoms with Crippen molar-refractivity contribution in [1.82, 2.24) is 0 Å². The summed E-state index contributed by atoms with van der Waals surface area (Å²) in [6.07, 6.45) is 10.6. The molecule has 2 heteroatoms. The Labute approximate surface area is 133 Å². The van der Waals surface area contributed by atoms with Gasteiger partial charge >= 0.3 is 0 Å². The number of Topliss-reactive ketones (excluding diaryl/α,β-unsaturated/α-hetero) is 1. The molecule has 0 fully saturated rings. The van der Waals surface area contributed by atoms with E-state index in [9.17, 15) is 4.79 Å². The maximum atomic E-state index is 13.0. The number of benzene rings is 1. The molecule has 2 rings (SSSR count). The summed E-state index contributed by atoms with van der Waals surface area (Å²) in [5.74, 6) is 1.15. The fraction of sp³-hybridized carbons (Fsp3) is 0.450. The van der Waals surface area contributed by atoms with Crippen LogP contribution in [0, 0.1) is 5.41 Å². The summed E-state index contributed by atoms with van der Waals surface area (Å²) in [7, 11) is 1.67. The van der Waals surface area contributed by atoms with Crippen LogP contribution in [0.25, 0.3) is 0 Å². The Bertz CT molecular complexity index is 543. The standard InChI is InChI=1S/C20H26O2/c1-4-6-8-12-20(13-9-7-5-2)15-16-14-17(22-3)10-11-18(16)19(20)21/h4-5,10-11,14H,1-2,6-9,12-13,15H2,3H3. The van der Waals surface area contributed by atoms with Crippen molar-refractivity contribution in [1.29, 1.82) is 0 Å². The Kier molecular flexibility index (Phi) is 5.59. The lowest BCUT2D eigenvalue weighted by molar-refractivity contribution is 0.0781. The Morgan fingerprint density at radius 2 is 1.82 bits per heavy atom. The molecule has 0 heterocycles. The largest absolute Gasteiger partial charge is 0.497 e. The van der Waals surface area contributed by atoms with Gasteiger partial charge in [-0.2, -0.15) is 0 Å². The lowest BCUT2D eigenvalue weighted by Gasteiger charge is -2.27. The number of fused-ring (bicyclic) bond motifs is 1. The van der Waals surface area contributed by atoms with Gasteiger partial charge in [-0.15, -0.1) is 13.2 Å². The van der Waals surface area contributed by atoms with Gasteiger partial charge in [-0.1, -0.05) is 12.2 Å². The van der Waals surface area contributed by atoms with Crippen molar-refractivity contribution in [3.63, 3.8) is 0 Å². The minimum absolute atomic E-state index is 0.235.